The summed E-state index contributed by atoms with van der Waals surface area (Å²) in [5, 5.41) is 10.3. The molecular weight excluding hydrogens is 290 g/mol. The summed E-state index contributed by atoms with van der Waals surface area (Å²) in [5.74, 6) is 6.35. The van der Waals surface area contributed by atoms with Gasteiger partial charge in [-0.15, -0.1) is 0 Å². The highest BCUT2D eigenvalue weighted by Crippen LogP contribution is 2.26. The summed E-state index contributed by atoms with van der Waals surface area (Å²) in [6.45, 7) is 3.93. The second-order valence-corrected chi connectivity index (χ2v) is 5.23. The van der Waals surface area contributed by atoms with Crippen molar-refractivity contribution < 1.29 is 5.11 Å². The molecule has 23 heavy (non-hydrogen) atoms. The second-order valence-electron chi connectivity index (χ2n) is 5.23. The van der Waals surface area contributed by atoms with Crippen LogP contribution in [0, 0.1) is 11.8 Å². The minimum Gasteiger partial charge on any atom is -0.493 e. The van der Waals surface area contributed by atoms with Crippen LogP contribution < -0.4 is 0 Å². The average molecular weight is 305 g/mol. The van der Waals surface area contributed by atoms with E-state index in [1.54, 1.807) is 35.7 Å². The van der Waals surface area contributed by atoms with Crippen LogP contribution >= 0.6 is 0 Å². The molecule has 0 fully saturated rings. The van der Waals surface area contributed by atoms with E-state index in [9.17, 15) is 5.11 Å². The Kier molecular flexibility index (Phi) is 4.02. The van der Waals surface area contributed by atoms with Gasteiger partial charge in [0, 0.05) is 30.4 Å². The first-order valence-corrected chi connectivity index (χ1v) is 7.16. The van der Waals surface area contributed by atoms with E-state index >= 15 is 0 Å². The maximum atomic E-state index is 10.3. The second kappa shape index (κ2) is 6.28. The Morgan fingerprint density at radius 3 is 2.65 bits per heavy atom. The molecule has 0 aromatic carbocycles. The Morgan fingerprint density at radius 1 is 1.13 bits per heavy atom. The number of imidazole rings is 1. The average Bonchev–Trinajstić information content (AvgIpc) is 3.07. The summed E-state index contributed by atoms with van der Waals surface area (Å²) >= 11 is 0. The molecular formula is C17H15N5O. The molecule has 0 aliphatic carbocycles. The highest BCUT2D eigenvalue weighted by atomic mass is 16.3. The summed E-state index contributed by atoms with van der Waals surface area (Å²) in [7, 11) is 0. The van der Waals surface area contributed by atoms with Crippen LogP contribution in [0.2, 0.25) is 0 Å². The SMILES string of the molecule is CC(C)c1c(O)nc(-n2ccnc2)nc1C#Cc1cccnc1. The van der Waals surface area contributed by atoms with Crippen LogP contribution in [0.4, 0.5) is 0 Å². The van der Waals surface area contributed by atoms with Crippen LogP contribution in [-0.4, -0.2) is 29.6 Å². The fourth-order valence-corrected chi connectivity index (χ4v) is 2.13. The normalized spacial score (nSPS) is 10.4. The number of pyridine rings is 1. The van der Waals surface area contributed by atoms with Crippen LogP contribution in [0.1, 0.15) is 36.6 Å². The number of aromatic hydroxyl groups is 1. The van der Waals surface area contributed by atoms with E-state index in [2.05, 4.69) is 31.8 Å². The molecule has 114 valence electrons. The summed E-state index contributed by atoms with van der Waals surface area (Å²) in [4.78, 5) is 16.6. The van der Waals surface area contributed by atoms with E-state index in [0.717, 1.165) is 5.56 Å². The van der Waals surface area contributed by atoms with Gasteiger partial charge in [0.2, 0.25) is 11.8 Å². The van der Waals surface area contributed by atoms with Gasteiger partial charge in [-0.3, -0.25) is 9.55 Å². The van der Waals surface area contributed by atoms with Gasteiger partial charge >= 0.3 is 0 Å². The minimum absolute atomic E-state index is 0.0463. The van der Waals surface area contributed by atoms with E-state index in [0.29, 0.717) is 17.2 Å². The van der Waals surface area contributed by atoms with Crippen LogP contribution in [0.15, 0.2) is 43.2 Å². The van der Waals surface area contributed by atoms with Crippen LogP contribution in [0.25, 0.3) is 5.95 Å². The molecule has 0 aliphatic rings. The third kappa shape index (κ3) is 3.19. The first-order chi connectivity index (χ1) is 11.1. The van der Waals surface area contributed by atoms with Crippen molar-refractivity contribution in [1.82, 2.24) is 24.5 Å². The zero-order chi connectivity index (χ0) is 16.2. The van der Waals surface area contributed by atoms with Crippen LogP contribution in [0.5, 0.6) is 5.88 Å². The molecule has 0 saturated heterocycles. The van der Waals surface area contributed by atoms with Crippen molar-refractivity contribution in [3.8, 4) is 23.7 Å². The highest BCUT2D eigenvalue weighted by Gasteiger charge is 2.16. The molecule has 0 amide bonds. The van der Waals surface area contributed by atoms with Crippen LogP contribution in [-0.2, 0) is 0 Å². The molecule has 3 aromatic heterocycles. The summed E-state index contributed by atoms with van der Waals surface area (Å²) < 4.78 is 1.62. The zero-order valence-corrected chi connectivity index (χ0v) is 12.8. The minimum atomic E-state index is -0.0609. The molecule has 0 radical (unpaired) electrons. The Morgan fingerprint density at radius 2 is 2.00 bits per heavy atom. The van der Waals surface area contributed by atoms with Gasteiger partial charge in [-0.2, -0.15) is 4.98 Å². The van der Waals surface area contributed by atoms with Gasteiger partial charge in [0.1, 0.15) is 12.0 Å². The van der Waals surface area contributed by atoms with Gasteiger partial charge in [0.25, 0.3) is 0 Å². The van der Waals surface area contributed by atoms with Gasteiger partial charge in [0.15, 0.2) is 0 Å². The van der Waals surface area contributed by atoms with Gasteiger partial charge in [0.05, 0.1) is 5.56 Å². The molecule has 1 N–H and O–H groups in total. The molecule has 3 rings (SSSR count). The van der Waals surface area contributed by atoms with E-state index in [-0.39, 0.29) is 11.8 Å². The standard InChI is InChI=1S/C17H15N5O/c1-12(2)15-14(6-5-13-4-3-7-18-10-13)20-17(21-16(15)23)22-9-8-19-11-22/h3-4,7-12H,1-2H3,(H,20,21,23). The number of aromatic nitrogens is 5. The Labute approximate surface area is 133 Å². The first-order valence-electron chi connectivity index (χ1n) is 7.16. The third-order valence-corrected chi connectivity index (χ3v) is 3.21. The van der Waals surface area contributed by atoms with E-state index in [1.165, 1.54) is 0 Å². The lowest BCUT2D eigenvalue weighted by molar-refractivity contribution is 0.439. The molecule has 3 aromatic rings. The van der Waals surface area contributed by atoms with Gasteiger partial charge in [-0.05, 0) is 24.0 Å². The molecule has 3 heterocycles. The Hall–Kier alpha value is -3.20. The lowest BCUT2D eigenvalue weighted by Gasteiger charge is -2.11. The molecule has 0 bridgehead atoms. The number of nitrogens with zero attached hydrogens (tertiary/aromatic N) is 5. The van der Waals surface area contributed by atoms with Crippen LogP contribution in [0.3, 0.4) is 0 Å². The number of hydrogen-bond donors (Lipinski definition) is 1. The predicted molar refractivity (Wildman–Crippen MR) is 85.1 cm³/mol. The maximum absolute atomic E-state index is 10.3. The Balaban J connectivity index is 2.11. The molecule has 0 atom stereocenters. The van der Waals surface area contributed by atoms with Crippen molar-refractivity contribution in [2.24, 2.45) is 0 Å². The topological polar surface area (TPSA) is 76.7 Å². The quantitative estimate of drug-likeness (QED) is 0.735. The van der Waals surface area contributed by atoms with Crippen molar-refractivity contribution in [2.75, 3.05) is 0 Å². The van der Waals surface area contributed by atoms with Crippen molar-refractivity contribution in [1.29, 1.82) is 0 Å². The highest BCUT2D eigenvalue weighted by molar-refractivity contribution is 5.47. The Bertz CT molecular complexity index is 861. The third-order valence-electron chi connectivity index (χ3n) is 3.21. The summed E-state index contributed by atoms with van der Waals surface area (Å²) in [5.41, 5.74) is 1.91. The first kappa shape index (κ1) is 14.7. The lowest BCUT2D eigenvalue weighted by atomic mass is 10.0. The van der Waals surface area contributed by atoms with E-state index in [1.807, 2.05) is 26.0 Å². The smallest absolute Gasteiger partial charge is 0.239 e. The monoisotopic (exact) mass is 305 g/mol. The van der Waals surface area contributed by atoms with E-state index < -0.39 is 0 Å². The molecule has 6 nitrogen and oxygen atoms in total. The van der Waals surface area contributed by atoms with Crippen molar-refractivity contribution in [3.63, 3.8) is 0 Å². The molecule has 6 heteroatoms. The summed E-state index contributed by atoms with van der Waals surface area (Å²) in [6, 6.07) is 3.69. The number of hydrogen-bond acceptors (Lipinski definition) is 5. The fraction of sp³-hybridized carbons (Fsp3) is 0.176. The molecule has 0 aliphatic heterocycles. The van der Waals surface area contributed by atoms with Crippen molar-refractivity contribution in [3.05, 3.63) is 60.1 Å². The fourth-order valence-electron chi connectivity index (χ4n) is 2.13. The van der Waals surface area contributed by atoms with Crippen molar-refractivity contribution in [2.45, 2.75) is 19.8 Å². The van der Waals surface area contributed by atoms with Gasteiger partial charge < -0.3 is 5.11 Å². The van der Waals surface area contributed by atoms with E-state index in [4.69, 9.17) is 0 Å². The largest absolute Gasteiger partial charge is 0.493 e. The number of rotatable bonds is 2. The molecule has 0 spiro atoms. The maximum Gasteiger partial charge on any atom is 0.239 e. The van der Waals surface area contributed by atoms with Gasteiger partial charge in [-0.1, -0.05) is 19.8 Å². The van der Waals surface area contributed by atoms with Gasteiger partial charge in [-0.25, -0.2) is 9.97 Å². The molecule has 0 unspecified atom stereocenters. The molecule has 0 saturated carbocycles. The zero-order valence-electron chi connectivity index (χ0n) is 12.8. The predicted octanol–water partition coefficient (Wildman–Crippen LogP) is 2.29. The summed E-state index contributed by atoms with van der Waals surface area (Å²) in [6.07, 6.45) is 8.28. The lowest BCUT2D eigenvalue weighted by Crippen LogP contribution is -2.06. The van der Waals surface area contributed by atoms with Crippen molar-refractivity contribution >= 4 is 0 Å².